The van der Waals surface area contributed by atoms with E-state index in [0.717, 1.165) is 28.2 Å². The first kappa shape index (κ1) is 18.9. The molecule has 3 aromatic carbocycles. The van der Waals surface area contributed by atoms with Crippen LogP contribution in [0.15, 0.2) is 90.1 Å². The van der Waals surface area contributed by atoms with Gasteiger partial charge in [0.25, 0.3) is 0 Å². The van der Waals surface area contributed by atoms with E-state index in [2.05, 4.69) is 74.3 Å². The van der Waals surface area contributed by atoms with Crippen molar-refractivity contribution in [3.8, 4) is 16.9 Å². The molecule has 1 aromatic heterocycles. The van der Waals surface area contributed by atoms with E-state index in [0.29, 0.717) is 5.92 Å². The molecule has 0 N–H and O–H groups in total. The van der Waals surface area contributed by atoms with Crippen molar-refractivity contribution >= 4 is 11.9 Å². The van der Waals surface area contributed by atoms with Crippen LogP contribution in [0.4, 0.5) is 5.69 Å². The highest BCUT2D eigenvalue weighted by atomic mass is 15.3. The molecule has 3 heteroatoms. The molecule has 0 unspecified atom stereocenters. The number of nitrogens with zero attached hydrogens (tertiary/aromatic N) is 3. The predicted molar refractivity (Wildman–Crippen MR) is 122 cm³/mol. The molecule has 0 aliphatic carbocycles. The summed E-state index contributed by atoms with van der Waals surface area (Å²) in [7, 11) is 0. The van der Waals surface area contributed by atoms with E-state index in [1.165, 1.54) is 11.1 Å². The maximum atomic E-state index is 4.88. The molecule has 0 bridgehead atoms. The lowest BCUT2D eigenvalue weighted by molar-refractivity contribution is 0.866. The number of para-hydroxylation sites is 1. The molecule has 3 nitrogen and oxygen atoms in total. The number of aryl methyl sites for hydroxylation is 1. The highest BCUT2D eigenvalue weighted by Gasteiger charge is 2.11. The lowest BCUT2D eigenvalue weighted by Gasteiger charge is -2.06. The Morgan fingerprint density at radius 1 is 0.862 bits per heavy atom. The van der Waals surface area contributed by atoms with Gasteiger partial charge in [0.05, 0.1) is 11.4 Å². The molecule has 0 saturated heterocycles. The van der Waals surface area contributed by atoms with Gasteiger partial charge in [-0.2, -0.15) is 5.10 Å². The Kier molecular flexibility index (Phi) is 5.39. The van der Waals surface area contributed by atoms with Crippen LogP contribution in [0.2, 0.25) is 0 Å². The fourth-order valence-electron chi connectivity index (χ4n) is 3.22. The highest BCUT2D eigenvalue weighted by Crippen LogP contribution is 2.25. The predicted octanol–water partition coefficient (Wildman–Crippen LogP) is 6.72. The Bertz CT molecular complexity index is 1100. The van der Waals surface area contributed by atoms with Crippen molar-refractivity contribution in [3.63, 3.8) is 0 Å². The number of aliphatic imine (C=N–C) groups is 1. The zero-order valence-corrected chi connectivity index (χ0v) is 17.1. The van der Waals surface area contributed by atoms with E-state index in [4.69, 9.17) is 5.10 Å². The quantitative estimate of drug-likeness (QED) is 0.354. The lowest BCUT2D eigenvalue weighted by Crippen LogP contribution is -1.94. The van der Waals surface area contributed by atoms with Gasteiger partial charge < -0.3 is 0 Å². The number of rotatable bonds is 5. The van der Waals surface area contributed by atoms with Crippen LogP contribution in [0.3, 0.4) is 0 Å². The third-order valence-corrected chi connectivity index (χ3v) is 5.00. The average Bonchev–Trinajstić information content (AvgIpc) is 3.18. The first-order chi connectivity index (χ1) is 14.1. The van der Waals surface area contributed by atoms with E-state index in [9.17, 15) is 0 Å². The lowest BCUT2D eigenvalue weighted by atomic mass is 10.00. The van der Waals surface area contributed by atoms with Crippen LogP contribution in [0.1, 0.15) is 36.5 Å². The normalized spacial score (nSPS) is 11.4. The molecule has 0 atom stereocenters. The SMILES string of the molecule is Cc1ccc(N=Cc2cn(-c3ccccc3)nc2-c2ccc(C(C)C)cc2)cc1. The second kappa shape index (κ2) is 8.27. The van der Waals surface area contributed by atoms with Gasteiger partial charge in [-0.25, -0.2) is 4.68 Å². The Balaban J connectivity index is 1.75. The maximum Gasteiger partial charge on any atom is 0.101 e. The summed E-state index contributed by atoms with van der Waals surface area (Å²) in [5, 5.41) is 4.88. The van der Waals surface area contributed by atoms with Crippen molar-refractivity contribution in [2.75, 3.05) is 0 Å². The monoisotopic (exact) mass is 379 g/mol. The Hall–Kier alpha value is -3.46. The van der Waals surface area contributed by atoms with Gasteiger partial charge in [0.1, 0.15) is 5.69 Å². The van der Waals surface area contributed by atoms with Crippen molar-refractivity contribution < 1.29 is 0 Å². The van der Waals surface area contributed by atoms with E-state index in [-0.39, 0.29) is 0 Å². The van der Waals surface area contributed by atoms with Gasteiger partial charge in [-0.15, -0.1) is 0 Å². The van der Waals surface area contributed by atoms with Crippen LogP contribution < -0.4 is 0 Å². The summed E-state index contributed by atoms with van der Waals surface area (Å²) < 4.78 is 1.92. The minimum Gasteiger partial charge on any atom is -0.256 e. The molecular formula is C26H25N3. The summed E-state index contributed by atoms with van der Waals surface area (Å²) in [5.74, 6) is 0.508. The standard InChI is InChI=1S/C26H25N3/c1-19(2)21-11-13-22(14-12-21)26-23(17-27-24-15-9-20(3)10-16-24)18-29(28-26)25-7-5-4-6-8-25/h4-19H,1-3H3. The van der Waals surface area contributed by atoms with Gasteiger partial charge in [-0.3, -0.25) is 4.99 Å². The molecule has 0 saturated carbocycles. The number of hydrogen-bond acceptors (Lipinski definition) is 2. The fourth-order valence-corrected chi connectivity index (χ4v) is 3.22. The van der Waals surface area contributed by atoms with Crippen LogP contribution in [0.5, 0.6) is 0 Å². The smallest absolute Gasteiger partial charge is 0.101 e. The molecular weight excluding hydrogens is 354 g/mol. The summed E-state index contributed by atoms with van der Waals surface area (Å²) in [6.45, 7) is 6.49. The van der Waals surface area contributed by atoms with Gasteiger partial charge in [0.2, 0.25) is 0 Å². The Morgan fingerprint density at radius 3 is 2.21 bits per heavy atom. The summed E-state index contributed by atoms with van der Waals surface area (Å²) in [6.07, 6.45) is 3.95. The third kappa shape index (κ3) is 4.35. The summed E-state index contributed by atoms with van der Waals surface area (Å²) >= 11 is 0. The molecule has 4 aromatic rings. The van der Waals surface area contributed by atoms with E-state index < -0.39 is 0 Å². The molecule has 4 rings (SSSR count). The Labute approximate surface area is 172 Å². The van der Waals surface area contributed by atoms with Crippen LogP contribution in [0, 0.1) is 6.92 Å². The first-order valence-electron chi connectivity index (χ1n) is 9.96. The summed E-state index contributed by atoms with van der Waals surface area (Å²) in [6, 6.07) is 27.0. The van der Waals surface area contributed by atoms with Crippen LogP contribution in [-0.2, 0) is 0 Å². The van der Waals surface area contributed by atoms with Crippen molar-refractivity contribution in [2.45, 2.75) is 26.7 Å². The fraction of sp³-hybridized carbons (Fsp3) is 0.154. The molecule has 144 valence electrons. The van der Waals surface area contributed by atoms with Crippen molar-refractivity contribution in [2.24, 2.45) is 4.99 Å². The minimum absolute atomic E-state index is 0.508. The van der Waals surface area contributed by atoms with Crippen LogP contribution >= 0.6 is 0 Å². The summed E-state index contributed by atoms with van der Waals surface area (Å²) in [4.78, 5) is 4.68. The minimum atomic E-state index is 0.508. The molecule has 1 heterocycles. The van der Waals surface area contributed by atoms with Gasteiger partial charge in [0, 0.05) is 23.5 Å². The molecule has 0 aliphatic rings. The molecule has 0 fully saturated rings. The zero-order valence-electron chi connectivity index (χ0n) is 17.1. The molecule has 0 amide bonds. The molecule has 0 spiro atoms. The number of aromatic nitrogens is 2. The third-order valence-electron chi connectivity index (χ3n) is 5.00. The van der Waals surface area contributed by atoms with Gasteiger partial charge >= 0.3 is 0 Å². The largest absolute Gasteiger partial charge is 0.256 e. The average molecular weight is 380 g/mol. The van der Waals surface area contributed by atoms with Gasteiger partial charge in [-0.05, 0) is 42.7 Å². The highest BCUT2D eigenvalue weighted by molar-refractivity contribution is 5.90. The van der Waals surface area contributed by atoms with Gasteiger partial charge in [0.15, 0.2) is 0 Å². The van der Waals surface area contributed by atoms with E-state index >= 15 is 0 Å². The van der Waals surface area contributed by atoms with E-state index in [1.807, 2.05) is 47.4 Å². The van der Waals surface area contributed by atoms with E-state index in [1.54, 1.807) is 0 Å². The number of benzene rings is 3. The first-order valence-corrected chi connectivity index (χ1v) is 9.96. The zero-order chi connectivity index (χ0) is 20.2. The molecule has 29 heavy (non-hydrogen) atoms. The van der Waals surface area contributed by atoms with Gasteiger partial charge in [-0.1, -0.05) is 74.0 Å². The van der Waals surface area contributed by atoms with Crippen LogP contribution in [0.25, 0.3) is 16.9 Å². The topological polar surface area (TPSA) is 30.2 Å². The maximum absolute atomic E-state index is 4.88. The molecule has 0 aliphatic heterocycles. The van der Waals surface area contributed by atoms with Crippen molar-refractivity contribution in [3.05, 3.63) is 102 Å². The van der Waals surface area contributed by atoms with Crippen molar-refractivity contribution in [1.82, 2.24) is 9.78 Å². The Morgan fingerprint density at radius 2 is 1.55 bits per heavy atom. The molecule has 0 radical (unpaired) electrons. The number of hydrogen-bond donors (Lipinski definition) is 0. The van der Waals surface area contributed by atoms with Crippen LogP contribution in [-0.4, -0.2) is 16.0 Å². The second-order valence-electron chi connectivity index (χ2n) is 7.58. The summed E-state index contributed by atoms with van der Waals surface area (Å²) in [5.41, 5.74) is 7.53. The second-order valence-corrected chi connectivity index (χ2v) is 7.58. The van der Waals surface area contributed by atoms with Crippen molar-refractivity contribution in [1.29, 1.82) is 0 Å².